The van der Waals surface area contributed by atoms with Crippen LogP contribution in [0, 0.1) is 0 Å². The van der Waals surface area contributed by atoms with E-state index in [-0.39, 0.29) is 0 Å². The van der Waals surface area contributed by atoms with Crippen LogP contribution < -0.4 is 5.73 Å². The van der Waals surface area contributed by atoms with E-state index in [0.717, 1.165) is 5.25 Å². The van der Waals surface area contributed by atoms with Gasteiger partial charge in [-0.05, 0) is 12.8 Å². The SMILES string of the molecule is Cn1cc(C(CN)SC2CCCCC2)cn1. The van der Waals surface area contributed by atoms with Crippen LogP contribution in [0.1, 0.15) is 42.9 Å². The summed E-state index contributed by atoms with van der Waals surface area (Å²) in [6.45, 7) is 0.715. The molecule has 3 nitrogen and oxygen atoms in total. The molecule has 16 heavy (non-hydrogen) atoms. The van der Waals surface area contributed by atoms with Crippen LogP contribution in [0.25, 0.3) is 0 Å². The van der Waals surface area contributed by atoms with Crippen LogP contribution in [0.15, 0.2) is 12.4 Å². The zero-order chi connectivity index (χ0) is 11.4. The Morgan fingerprint density at radius 3 is 2.81 bits per heavy atom. The zero-order valence-corrected chi connectivity index (χ0v) is 10.7. The van der Waals surface area contributed by atoms with Crippen molar-refractivity contribution in [2.24, 2.45) is 12.8 Å². The monoisotopic (exact) mass is 239 g/mol. The van der Waals surface area contributed by atoms with Crippen LogP contribution in [0.4, 0.5) is 0 Å². The van der Waals surface area contributed by atoms with Crippen molar-refractivity contribution in [2.75, 3.05) is 6.54 Å². The summed E-state index contributed by atoms with van der Waals surface area (Å²) < 4.78 is 1.86. The number of nitrogens with zero attached hydrogens (tertiary/aromatic N) is 2. The molecule has 1 fully saturated rings. The van der Waals surface area contributed by atoms with Gasteiger partial charge >= 0.3 is 0 Å². The zero-order valence-electron chi connectivity index (χ0n) is 9.93. The topological polar surface area (TPSA) is 43.8 Å². The Morgan fingerprint density at radius 1 is 1.50 bits per heavy atom. The lowest BCUT2D eigenvalue weighted by Crippen LogP contribution is -2.15. The second-order valence-corrected chi connectivity index (χ2v) is 6.08. The molecule has 1 aliphatic rings. The number of hydrogen-bond acceptors (Lipinski definition) is 3. The molecule has 1 atom stereocenters. The van der Waals surface area contributed by atoms with E-state index in [9.17, 15) is 0 Å². The van der Waals surface area contributed by atoms with Gasteiger partial charge in [-0.1, -0.05) is 19.3 Å². The van der Waals surface area contributed by atoms with Crippen molar-refractivity contribution in [3.63, 3.8) is 0 Å². The number of aryl methyl sites for hydroxylation is 1. The Balaban J connectivity index is 1.94. The minimum atomic E-state index is 0.428. The average Bonchev–Trinajstić information content (AvgIpc) is 2.74. The van der Waals surface area contributed by atoms with Crippen molar-refractivity contribution < 1.29 is 0 Å². The predicted molar refractivity (Wildman–Crippen MR) is 69.5 cm³/mol. The van der Waals surface area contributed by atoms with E-state index in [4.69, 9.17) is 5.73 Å². The van der Waals surface area contributed by atoms with Gasteiger partial charge in [-0.2, -0.15) is 5.10 Å². The van der Waals surface area contributed by atoms with Gasteiger partial charge in [0.1, 0.15) is 0 Å². The van der Waals surface area contributed by atoms with Crippen LogP contribution in [-0.2, 0) is 7.05 Å². The summed E-state index contributed by atoms with van der Waals surface area (Å²) in [5.41, 5.74) is 7.15. The third-order valence-electron chi connectivity index (χ3n) is 3.22. The molecule has 0 aliphatic heterocycles. The highest BCUT2D eigenvalue weighted by atomic mass is 32.2. The molecule has 0 radical (unpaired) electrons. The second-order valence-electron chi connectivity index (χ2n) is 4.57. The first kappa shape index (κ1) is 12.0. The summed E-state index contributed by atoms with van der Waals surface area (Å²) in [5, 5.41) is 5.46. The maximum atomic E-state index is 5.87. The summed E-state index contributed by atoms with van der Waals surface area (Å²) in [5.74, 6) is 0. The quantitative estimate of drug-likeness (QED) is 0.878. The number of hydrogen-bond donors (Lipinski definition) is 1. The number of thioether (sulfide) groups is 1. The number of nitrogens with two attached hydrogens (primary N) is 1. The van der Waals surface area contributed by atoms with Crippen molar-refractivity contribution in [1.29, 1.82) is 0 Å². The van der Waals surface area contributed by atoms with E-state index in [0.29, 0.717) is 11.8 Å². The maximum absolute atomic E-state index is 5.87. The molecule has 1 saturated carbocycles. The Hall–Kier alpha value is -0.480. The Bertz CT molecular complexity index is 318. The normalized spacial score (nSPS) is 19.9. The van der Waals surface area contributed by atoms with Gasteiger partial charge in [-0.15, -0.1) is 11.8 Å². The number of rotatable bonds is 4. The third-order valence-corrected chi connectivity index (χ3v) is 4.87. The first-order chi connectivity index (χ1) is 7.79. The summed E-state index contributed by atoms with van der Waals surface area (Å²) in [7, 11) is 1.96. The van der Waals surface area contributed by atoms with Gasteiger partial charge in [0, 0.05) is 35.9 Å². The van der Waals surface area contributed by atoms with E-state index in [1.54, 1.807) is 0 Å². The molecule has 90 valence electrons. The van der Waals surface area contributed by atoms with Crippen LogP contribution in [-0.4, -0.2) is 21.6 Å². The first-order valence-corrected chi connectivity index (χ1v) is 7.08. The van der Waals surface area contributed by atoms with Gasteiger partial charge in [0.05, 0.1) is 6.20 Å². The molecule has 1 heterocycles. The van der Waals surface area contributed by atoms with Gasteiger partial charge in [-0.25, -0.2) is 0 Å². The molecular formula is C12H21N3S. The molecule has 0 aromatic carbocycles. The molecule has 0 saturated heterocycles. The van der Waals surface area contributed by atoms with Gasteiger partial charge in [0.25, 0.3) is 0 Å². The molecule has 1 aromatic rings. The van der Waals surface area contributed by atoms with Crippen molar-refractivity contribution in [3.05, 3.63) is 18.0 Å². The molecule has 0 amide bonds. The van der Waals surface area contributed by atoms with Crippen molar-refractivity contribution in [2.45, 2.75) is 42.6 Å². The minimum Gasteiger partial charge on any atom is -0.329 e. The fourth-order valence-corrected chi connectivity index (χ4v) is 3.77. The summed E-state index contributed by atoms with van der Waals surface area (Å²) in [4.78, 5) is 0. The van der Waals surface area contributed by atoms with Crippen molar-refractivity contribution in [1.82, 2.24) is 9.78 Å². The fourth-order valence-electron chi connectivity index (χ4n) is 2.31. The highest BCUT2D eigenvalue weighted by Crippen LogP contribution is 2.37. The highest BCUT2D eigenvalue weighted by molar-refractivity contribution is 8.00. The smallest absolute Gasteiger partial charge is 0.0533 e. The molecular weight excluding hydrogens is 218 g/mol. The maximum Gasteiger partial charge on any atom is 0.0533 e. The minimum absolute atomic E-state index is 0.428. The van der Waals surface area contributed by atoms with E-state index >= 15 is 0 Å². The van der Waals surface area contributed by atoms with Gasteiger partial charge in [-0.3, -0.25) is 4.68 Å². The van der Waals surface area contributed by atoms with E-state index in [1.165, 1.54) is 37.7 Å². The lowest BCUT2D eigenvalue weighted by Gasteiger charge is -2.25. The number of aromatic nitrogens is 2. The lowest BCUT2D eigenvalue weighted by atomic mass is 10.0. The molecule has 0 bridgehead atoms. The molecule has 0 spiro atoms. The average molecular weight is 239 g/mol. The standard InChI is InChI=1S/C12H21N3S/c1-15-9-10(8-14-15)12(7-13)16-11-5-3-2-4-6-11/h8-9,11-12H,2-7,13H2,1H3. The molecule has 1 unspecified atom stereocenters. The van der Waals surface area contributed by atoms with Crippen LogP contribution >= 0.6 is 11.8 Å². The summed E-state index contributed by atoms with van der Waals surface area (Å²) in [6.07, 6.45) is 11.0. The molecule has 4 heteroatoms. The van der Waals surface area contributed by atoms with Gasteiger partial charge in [0.2, 0.25) is 0 Å². The van der Waals surface area contributed by atoms with Crippen LogP contribution in [0.5, 0.6) is 0 Å². The lowest BCUT2D eigenvalue weighted by molar-refractivity contribution is 0.515. The fraction of sp³-hybridized carbons (Fsp3) is 0.750. The molecule has 2 N–H and O–H groups in total. The Morgan fingerprint density at radius 2 is 2.25 bits per heavy atom. The van der Waals surface area contributed by atoms with Crippen LogP contribution in [0.2, 0.25) is 0 Å². The molecule has 1 aromatic heterocycles. The third kappa shape index (κ3) is 3.01. The predicted octanol–water partition coefficient (Wildman–Crippen LogP) is 2.49. The highest BCUT2D eigenvalue weighted by Gasteiger charge is 2.20. The second kappa shape index (κ2) is 5.73. The summed E-state index contributed by atoms with van der Waals surface area (Å²) in [6, 6.07) is 0. The van der Waals surface area contributed by atoms with E-state index < -0.39 is 0 Å². The van der Waals surface area contributed by atoms with Crippen molar-refractivity contribution in [3.8, 4) is 0 Å². The first-order valence-electron chi connectivity index (χ1n) is 6.13. The Kier molecular flexibility index (Phi) is 4.29. The Labute approximate surface area is 102 Å². The molecule has 1 aliphatic carbocycles. The van der Waals surface area contributed by atoms with E-state index in [1.807, 2.05) is 17.9 Å². The van der Waals surface area contributed by atoms with Gasteiger partial charge in [0.15, 0.2) is 0 Å². The van der Waals surface area contributed by atoms with Crippen molar-refractivity contribution >= 4 is 11.8 Å². The van der Waals surface area contributed by atoms with E-state index in [2.05, 4.69) is 23.1 Å². The van der Waals surface area contributed by atoms with Gasteiger partial charge < -0.3 is 5.73 Å². The molecule has 2 rings (SSSR count). The van der Waals surface area contributed by atoms with Crippen LogP contribution in [0.3, 0.4) is 0 Å². The largest absolute Gasteiger partial charge is 0.329 e. The summed E-state index contributed by atoms with van der Waals surface area (Å²) >= 11 is 2.05.